The third-order valence-corrected chi connectivity index (χ3v) is 5.32. The number of allylic oxidation sites excluding steroid dienone is 1. The molecule has 4 rings (SSSR count). The summed E-state index contributed by atoms with van der Waals surface area (Å²) in [5, 5.41) is 2.40. The molecule has 0 N–H and O–H groups in total. The Morgan fingerprint density at radius 2 is 1.62 bits per heavy atom. The van der Waals surface area contributed by atoms with E-state index in [1.807, 2.05) is 72.8 Å². The number of fused-ring (bicyclic) bond motifs is 1. The molecule has 0 fully saturated rings. The number of rotatable bonds is 6. The first-order chi connectivity index (χ1) is 14.2. The standard InChI is InChI=1S/C26H19BrO2/c27-24-17-19(13-15-25(28)21-8-2-1-3-9-21)14-16-26(24)29-18-22-11-6-10-20-7-4-5-12-23(20)22/h1-17H,18H2/b15-13+. The molecular formula is C26H19BrO2. The number of carbonyl (C=O) groups is 1. The van der Waals surface area contributed by atoms with Gasteiger partial charge in [0.15, 0.2) is 5.78 Å². The van der Waals surface area contributed by atoms with E-state index in [4.69, 9.17) is 4.74 Å². The minimum absolute atomic E-state index is 0.0157. The van der Waals surface area contributed by atoms with Gasteiger partial charge >= 0.3 is 0 Å². The number of hydrogen-bond acceptors (Lipinski definition) is 2. The van der Waals surface area contributed by atoms with Crippen molar-refractivity contribution in [3.05, 3.63) is 118 Å². The van der Waals surface area contributed by atoms with Crippen LogP contribution in [0.25, 0.3) is 16.8 Å². The van der Waals surface area contributed by atoms with E-state index in [1.165, 1.54) is 10.8 Å². The van der Waals surface area contributed by atoms with Gasteiger partial charge in [0.1, 0.15) is 12.4 Å². The van der Waals surface area contributed by atoms with Gasteiger partial charge in [0.25, 0.3) is 0 Å². The minimum Gasteiger partial charge on any atom is -0.488 e. The number of benzene rings is 4. The Bertz CT molecular complexity index is 1170. The molecule has 142 valence electrons. The molecule has 0 saturated carbocycles. The lowest BCUT2D eigenvalue weighted by atomic mass is 10.1. The highest BCUT2D eigenvalue weighted by atomic mass is 79.9. The largest absolute Gasteiger partial charge is 0.488 e. The van der Waals surface area contributed by atoms with Crippen molar-refractivity contribution in [1.82, 2.24) is 0 Å². The molecule has 0 aliphatic heterocycles. The van der Waals surface area contributed by atoms with Crippen LogP contribution >= 0.6 is 15.9 Å². The van der Waals surface area contributed by atoms with Gasteiger partial charge in [0, 0.05) is 5.56 Å². The van der Waals surface area contributed by atoms with E-state index < -0.39 is 0 Å². The van der Waals surface area contributed by atoms with E-state index in [-0.39, 0.29) is 5.78 Å². The molecule has 0 radical (unpaired) electrons. The molecular weight excluding hydrogens is 424 g/mol. The first kappa shape index (κ1) is 19.2. The van der Waals surface area contributed by atoms with Gasteiger partial charge in [-0.1, -0.05) is 84.9 Å². The van der Waals surface area contributed by atoms with Crippen LogP contribution in [0.15, 0.2) is 102 Å². The first-order valence-electron chi connectivity index (χ1n) is 9.37. The summed E-state index contributed by atoms with van der Waals surface area (Å²) >= 11 is 3.58. The van der Waals surface area contributed by atoms with E-state index in [0.717, 1.165) is 21.3 Å². The van der Waals surface area contributed by atoms with Gasteiger partial charge in [0.2, 0.25) is 0 Å². The highest BCUT2D eigenvalue weighted by Crippen LogP contribution is 2.28. The lowest BCUT2D eigenvalue weighted by Crippen LogP contribution is -1.97. The maximum atomic E-state index is 12.2. The van der Waals surface area contributed by atoms with Gasteiger partial charge in [0.05, 0.1) is 4.47 Å². The Kier molecular flexibility index (Phi) is 5.87. The molecule has 0 saturated heterocycles. The van der Waals surface area contributed by atoms with E-state index in [9.17, 15) is 4.79 Å². The van der Waals surface area contributed by atoms with Crippen LogP contribution in [0, 0.1) is 0 Å². The number of ketones is 1. The molecule has 4 aromatic carbocycles. The highest BCUT2D eigenvalue weighted by Gasteiger charge is 2.06. The molecule has 0 atom stereocenters. The average Bonchev–Trinajstić information content (AvgIpc) is 2.77. The second-order valence-electron chi connectivity index (χ2n) is 6.68. The quantitative estimate of drug-likeness (QED) is 0.235. The predicted molar refractivity (Wildman–Crippen MR) is 122 cm³/mol. The molecule has 0 unspecified atom stereocenters. The Hall–Kier alpha value is -3.17. The van der Waals surface area contributed by atoms with Crippen LogP contribution in [0.3, 0.4) is 0 Å². The van der Waals surface area contributed by atoms with Crippen LogP contribution in [-0.4, -0.2) is 5.78 Å². The van der Waals surface area contributed by atoms with E-state index in [1.54, 1.807) is 6.08 Å². The van der Waals surface area contributed by atoms with Crippen molar-refractivity contribution in [2.45, 2.75) is 6.61 Å². The third kappa shape index (κ3) is 4.64. The van der Waals surface area contributed by atoms with Crippen molar-refractivity contribution in [3.8, 4) is 5.75 Å². The molecule has 0 spiro atoms. The van der Waals surface area contributed by atoms with Crippen molar-refractivity contribution in [1.29, 1.82) is 0 Å². The Labute approximate surface area is 178 Å². The fourth-order valence-corrected chi connectivity index (χ4v) is 3.69. The minimum atomic E-state index is -0.0157. The third-order valence-electron chi connectivity index (χ3n) is 4.70. The second-order valence-corrected chi connectivity index (χ2v) is 7.53. The zero-order valence-corrected chi connectivity index (χ0v) is 17.3. The van der Waals surface area contributed by atoms with Crippen molar-refractivity contribution in [2.75, 3.05) is 0 Å². The number of halogens is 1. The van der Waals surface area contributed by atoms with Gasteiger partial charge < -0.3 is 4.74 Å². The Balaban J connectivity index is 1.46. The average molecular weight is 443 g/mol. The summed E-state index contributed by atoms with van der Waals surface area (Å²) in [6, 6.07) is 29.6. The Morgan fingerprint density at radius 1 is 0.862 bits per heavy atom. The first-order valence-corrected chi connectivity index (χ1v) is 10.2. The summed E-state index contributed by atoms with van der Waals surface area (Å²) in [4.78, 5) is 12.2. The fraction of sp³-hybridized carbons (Fsp3) is 0.0385. The maximum Gasteiger partial charge on any atom is 0.185 e. The van der Waals surface area contributed by atoms with Gasteiger partial charge in [-0.05, 0) is 56.0 Å². The zero-order chi connectivity index (χ0) is 20.1. The number of ether oxygens (including phenoxy) is 1. The summed E-state index contributed by atoms with van der Waals surface area (Å²) in [5.74, 6) is 0.752. The van der Waals surface area contributed by atoms with Gasteiger partial charge in [-0.3, -0.25) is 4.79 Å². The van der Waals surface area contributed by atoms with Gasteiger partial charge in [-0.2, -0.15) is 0 Å². The SMILES string of the molecule is O=C(/C=C/c1ccc(OCc2cccc3ccccc23)c(Br)c1)c1ccccc1. The lowest BCUT2D eigenvalue weighted by molar-refractivity contribution is 0.104. The van der Waals surface area contributed by atoms with Crippen LogP contribution < -0.4 is 4.74 Å². The van der Waals surface area contributed by atoms with Crippen LogP contribution in [0.2, 0.25) is 0 Å². The molecule has 0 aromatic heterocycles. The lowest BCUT2D eigenvalue weighted by Gasteiger charge is -2.11. The predicted octanol–water partition coefficient (Wildman–Crippen LogP) is 7.08. The van der Waals surface area contributed by atoms with Crippen LogP contribution in [0.1, 0.15) is 21.5 Å². The van der Waals surface area contributed by atoms with Crippen molar-refractivity contribution < 1.29 is 9.53 Å². The second kappa shape index (κ2) is 8.89. The topological polar surface area (TPSA) is 26.3 Å². The highest BCUT2D eigenvalue weighted by molar-refractivity contribution is 9.10. The maximum absolute atomic E-state index is 12.2. The molecule has 0 heterocycles. The molecule has 2 nitrogen and oxygen atoms in total. The summed E-state index contributed by atoms with van der Waals surface area (Å²) in [6.45, 7) is 0.488. The summed E-state index contributed by atoms with van der Waals surface area (Å²) in [7, 11) is 0. The molecule has 0 aliphatic carbocycles. The van der Waals surface area contributed by atoms with E-state index in [2.05, 4.69) is 40.2 Å². The molecule has 0 bridgehead atoms. The molecule has 0 aliphatic rings. The van der Waals surface area contributed by atoms with Crippen LogP contribution in [-0.2, 0) is 6.61 Å². The molecule has 3 heteroatoms. The number of carbonyl (C=O) groups excluding carboxylic acids is 1. The van der Waals surface area contributed by atoms with Gasteiger partial charge in [-0.15, -0.1) is 0 Å². The molecule has 29 heavy (non-hydrogen) atoms. The summed E-state index contributed by atoms with van der Waals surface area (Å²) in [5.41, 5.74) is 2.75. The molecule has 4 aromatic rings. The zero-order valence-electron chi connectivity index (χ0n) is 15.7. The fourth-order valence-electron chi connectivity index (χ4n) is 3.18. The Morgan fingerprint density at radius 3 is 2.45 bits per heavy atom. The van der Waals surface area contributed by atoms with E-state index >= 15 is 0 Å². The summed E-state index contributed by atoms with van der Waals surface area (Å²) in [6.07, 6.45) is 3.41. The number of hydrogen-bond donors (Lipinski definition) is 0. The van der Waals surface area contributed by atoms with E-state index in [0.29, 0.717) is 12.2 Å². The van der Waals surface area contributed by atoms with Crippen molar-refractivity contribution in [3.63, 3.8) is 0 Å². The van der Waals surface area contributed by atoms with Gasteiger partial charge in [-0.25, -0.2) is 0 Å². The summed E-state index contributed by atoms with van der Waals surface area (Å²) < 4.78 is 6.90. The van der Waals surface area contributed by atoms with Crippen molar-refractivity contribution >= 4 is 38.6 Å². The normalized spacial score (nSPS) is 11.1. The van der Waals surface area contributed by atoms with Crippen LogP contribution in [0.5, 0.6) is 5.75 Å². The molecule has 0 amide bonds. The van der Waals surface area contributed by atoms with Crippen molar-refractivity contribution in [2.24, 2.45) is 0 Å². The smallest absolute Gasteiger partial charge is 0.185 e. The van der Waals surface area contributed by atoms with Crippen LogP contribution in [0.4, 0.5) is 0 Å². The monoisotopic (exact) mass is 442 g/mol.